The first-order valence-corrected chi connectivity index (χ1v) is 4.72. The van der Waals surface area contributed by atoms with Crippen LogP contribution in [0.15, 0.2) is 0 Å². The second-order valence-electron chi connectivity index (χ2n) is 2.88. The molecule has 0 radical (unpaired) electrons. The summed E-state index contributed by atoms with van der Waals surface area (Å²) in [5.74, 6) is -0.327. The topological polar surface area (TPSA) is 76.7 Å². The van der Waals surface area contributed by atoms with Crippen LogP contribution in [0.25, 0.3) is 0 Å². The van der Waals surface area contributed by atoms with Crippen molar-refractivity contribution in [3.63, 3.8) is 0 Å². The van der Waals surface area contributed by atoms with Crippen molar-refractivity contribution in [1.29, 1.82) is 0 Å². The minimum atomic E-state index is -0.220. The number of carbonyl (C=O) groups excluding carboxylic acids is 2. The van der Waals surface area contributed by atoms with Crippen molar-refractivity contribution >= 4 is 11.8 Å². The fourth-order valence-electron chi connectivity index (χ4n) is 0.878. The molecule has 0 aromatic rings. The smallest absolute Gasteiger partial charge is 0.245 e. The number of hydrogen-bond donors (Lipinski definition) is 2. The van der Waals surface area contributed by atoms with E-state index in [4.69, 9.17) is 4.74 Å². The van der Waals surface area contributed by atoms with Gasteiger partial charge in [-0.15, -0.1) is 0 Å². The molecule has 0 fully saturated rings. The van der Waals surface area contributed by atoms with Gasteiger partial charge in [-0.3, -0.25) is 9.59 Å². The fourth-order valence-corrected chi connectivity index (χ4v) is 0.878. The van der Waals surface area contributed by atoms with E-state index < -0.39 is 0 Å². The summed E-state index contributed by atoms with van der Waals surface area (Å²) in [6.45, 7) is 1.31. The third-order valence-electron chi connectivity index (χ3n) is 1.58. The van der Waals surface area contributed by atoms with E-state index in [9.17, 15) is 9.59 Å². The molecule has 0 rings (SSSR count). The number of amides is 2. The van der Waals surface area contributed by atoms with E-state index >= 15 is 0 Å². The molecule has 2 amide bonds. The Morgan fingerprint density at radius 3 is 2.27 bits per heavy atom. The summed E-state index contributed by atoms with van der Waals surface area (Å²) in [5.41, 5.74) is 0. The molecule has 6 nitrogen and oxygen atoms in total. The van der Waals surface area contributed by atoms with Gasteiger partial charge in [0.1, 0.15) is 6.61 Å². The number of methoxy groups -OCH3 is 2. The van der Waals surface area contributed by atoms with Gasteiger partial charge in [-0.1, -0.05) is 0 Å². The first kappa shape index (κ1) is 13.9. The SMILES string of the molecule is COCCNC(=O)CCNC(=O)COC. The van der Waals surface area contributed by atoms with Crippen molar-refractivity contribution < 1.29 is 19.1 Å². The van der Waals surface area contributed by atoms with Crippen LogP contribution in [0.1, 0.15) is 6.42 Å². The molecule has 0 atom stereocenters. The Labute approximate surface area is 89.3 Å². The average molecular weight is 218 g/mol. The van der Waals surface area contributed by atoms with Crippen molar-refractivity contribution in [2.75, 3.05) is 40.5 Å². The van der Waals surface area contributed by atoms with Gasteiger partial charge in [-0.25, -0.2) is 0 Å². The average Bonchev–Trinajstić information content (AvgIpc) is 2.18. The minimum Gasteiger partial charge on any atom is -0.383 e. The van der Waals surface area contributed by atoms with Gasteiger partial charge < -0.3 is 20.1 Å². The predicted molar refractivity (Wildman–Crippen MR) is 54.4 cm³/mol. The largest absolute Gasteiger partial charge is 0.383 e. The van der Waals surface area contributed by atoms with E-state index in [1.54, 1.807) is 7.11 Å². The molecule has 0 saturated heterocycles. The van der Waals surface area contributed by atoms with E-state index in [0.29, 0.717) is 19.7 Å². The lowest BCUT2D eigenvalue weighted by atomic mass is 10.4. The minimum absolute atomic E-state index is 0.0191. The Bertz CT molecular complexity index is 197. The Morgan fingerprint density at radius 1 is 1.00 bits per heavy atom. The Hall–Kier alpha value is -1.14. The third-order valence-corrected chi connectivity index (χ3v) is 1.58. The predicted octanol–water partition coefficient (Wildman–Crippen LogP) is -1.10. The highest BCUT2D eigenvalue weighted by molar-refractivity contribution is 5.79. The van der Waals surface area contributed by atoms with E-state index in [2.05, 4.69) is 15.4 Å². The van der Waals surface area contributed by atoms with Crippen LogP contribution in [-0.4, -0.2) is 52.3 Å². The molecule has 6 heteroatoms. The molecule has 2 N–H and O–H groups in total. The normalized spacial score (nSPS) is 9.73. The summed E-state index contributed by atoms with van der Waals surface area (Å²) in [6, 6.07) is 0. The Morgan fingerprint density at radius 2 is 1.67 bits per heavy atom. The summed E-state index contributed by atoms with van der Waals surface area (Å²) >= 11 is 0. The maximum absolute atomic E-state index is 11.1. The maximum atomic E-state index is 11.1. The van der Waals surface area contributed by atoms with Crippen molar-refractivity contribution in [3.8, 4) is 0 Å². The Balaban J connectivity index is 3.34. The first-order chi connectivity index (χ1) is 7.20. The molecule has 0 spiro atoms. The maximum Gasteiger partial charge on any atom is 0.245 e. The van der Waals surface area contributed by atoms with Crippen molar-refractivity contribution in [2.45, 2.75) is 6.42 Å². The van der Waals surface area contributed by atoms with Crippen molar-refractivity contribution in [3.05, 3.63) is 0 Å². The van der Waals surface area contributed by atoms with Crippen molar-refractivity contribution in [2.24, 2.45) is 0 Å². The molecule has 15 heavy (non-hydrogen) atoms. The van der Waals surface area contributed by atoms with Crippen LogP contribution in [0, 0.1) is 0 Å². The van der Waals surface area contributed by atoms with Gasteiger partial charge in [0.25, 0.3) is 0 Å². The van der Waals surface area contributed by atoms with Gasteiger partial charge in [0.2, 0.25) is 11.8 Å². The lowest BCUT2D eigenvalue weighted by Gasteiger charge is -2.05. The highest BCUT2D eigenvalue weighted by Crippen LogP contribution is 1.78. The molecule has 0 bridgehead atoms. The second-order valence-corrected chi connectivity index (χ2v) is 2.88. The van der Waals surface area contributed by atoms with Crippen LogP contribution in [0.4, 0.5) is 0 Å². The number of carbonyl (C=O) groups is 2. The quantitative estimate of drug-likeness (QED) is 0.507. The van der Waals surface area contributed by atoms with Crippen LogP contribution in [0.2, 0.25) is 0 Å². The first-order valence-electron chi connectivity index (χ1n) is 4.72. The van der Waals surface area contributed by atoms with Gasteiger partial charge >= 0.3 is 0 Å². The summed E-state index contributed by atoms with van der Waals surface area (Å²) in [6.07, 6.45) is 0.263. The highest BCUT2D eigenvalue weighted by Gasteiger charge is 2.02. The Kier molecular flexibility index (Phi) is 8.70. The van der Waals surface area contributed by atoms with E-state index in [-0.39, 0.29) is 24.8 Å². The van der Waals surface area contributed by atoms with Gasteiger partial charge in [-0.2, -0.15) is 0 Å². The van der Waals surface area contributed by atoms with Crippen LogP contribution in [-0.2, 0) is 19.1 Å². The van der Waals surface area contributed by atoms with Gasteiger partial charge in [0, 0.05) is 33.7 Å². The van der Waals surface area contributed by atoms with Crippen LogP contribution in [0.5, 0.6) is 0 Å². The van der Waals surface area contributed by atoms with Crippen LogP contribution < -0.4 is 10.6 Å². The van der Waals surface area contributed by atoms with E-state index in [0.717, 1.165) is 0 Å². The monoisotopic (exact) mass is 218 g/mol. The number of ether oxygens (including phenoxy) is 2. The number of nitrogens with one attached hydrogen (secondary N) is 2. The number of hydrogen-bond acceptors (Lipinski definition) is 4. The third kappa shape index (κ3) is 9.17. The molecule has 0 aliphatic rings. The molecule has 0 heterocycles. The summed E-state index contributed by atoms with van der Waals surface area (Å²) < 4.78 is 9.38. The van der Waals surface area contributed by atoms with Crippen molar-refractivity contribution in [1.82, 2.24) is 10.6 Å². The fraction of sp³-hybridized carbons (Fsp3) is 0.778. The molecular formula is C9H18N2O4. The second kappa shape index (κ2) is 9.42. The summed E-state index contributed by atoms with van der Waals surface area (Å²) in [5, 5.41) is 5.19. The van der Waals surface area contributed by atoms with E-state index in [1.165, 1.54) is 7.11 Å². The molecule has 0 saturated carbocycles. The molecule has 0 unspecified atom stereocenters. The summed E-state index contributed by atoms with van der Waals surface area (Å²) in [4.78, 5) is 22.0. The zero-order valence-corrected chi connectivity index (χ0v) is 9.17. The highest BCUT2D eigenvalue weighted by atomic mass is 16.5. The van der Waals surface area contributed by atoms with Gasteiger partial charge in [0.05, 0.1) is 6.61 Å². The number of rotatable bonds is 8. The standard InChI is InChI=1S/C9H18N2O4/c1-14-6-5-11-8(12)3-4-10-9(13)7-15-2/h3-7H2,1-2H3,(H,10,13)(H,11,12). The van der Waals surface area contributed by atoms with Crippen LogP contribution >= 0.6 is 0 Å². The van der Waals surface area contributed by atoms with Gasteiger partial charge in [-0.05, 0) is 0 Å². The molecular weight excluding hydrogens is 200 g/mol. The molecule has 0 aromatic carbocycles. The van der Waals surface area contributed by atoms with E-state index in [1.807, 2.05) is 0 Å². The summed E-state index contributed by atoms with van der Waals surface area (Å²) in [7, 11) is 3.01. The lowest BCUT2D eigenvalue weighted by molar-refractivity contribution is -0.125. The molecule has 0 aromatic heterocycles. The zero-order chi connectivity index (χ0) is 11.5. The molecule has 0 aliphatic carbocycles. The molecule has 88 valence electrons. The zero-order valence-electron chi connectivity index (χ0n) is 9.17. The van der Waals surface area contributed by atoms with Crippen LogP contribution in [0.3, 0.4) is 0 Å². The van der Waals surface area contributed by atoms with Gasteiger partial charge in [0.15, 0.2) is 0 Å². The molecule has 0 aliphatic heterocycles. The lowest BCUT2D eigenvalue weighted by Crippen LogP contribution is -2.33.